The maximum Gasteiger partial charge on any atom is 0.305 e. The molecule has 0 amide bonds. The molecule has 5 heteroatoms. The van der Waals surface area contributed by atoms with Crippen LogP contribution in [0.5, 0.6) is 0 Å². The highest BCUT2D eigenvalue weighted by atomic mass is 16.6. The number of carbonyl (C=O) groups excluding carboxylic acids is 2. The van der Waals surface area contributed by atoms with E-state index in [0.29, 0.717) is 23.9 Å². The summed E-state index contributed by atoms with van der Waals surface area (Å²) in [4.78, 5) is 22.5. The largest absolute Gasteiger partial charge is 0.461 e. The Morgan fingerprint density at radius 1 is 0.464 bits per heavy atom. The quantitative estimate of drug-likeness (QED) is 0.0211. The van der Waals surface area contributed by atoms with Gasteiger partial charge in [-0.2, -0.15) is 0 Å². The Hall–Kier alpha value is -1.62. The number of unbranched alkanes of at least 4 members (excludes halogenated alkanes) is 23. The molecule has 0 heterocycles. The van der Waals surface area contributed by atoms with Crippen molar-refractivity contribution in [3.05, 3.63) is 24.3 Å². The molecular weight excluding hydrogens is 691 g/mol. The highest BCUT2D eigenvalue weighted by Crippen LogP contribution is 2.12. The summed E-state index contributed by atoms with van der Waals surface area (Å²) >= 11 is 0. The van der Waals surface area contributed by atoms with Gasteiger partial charge in [-0.1, -0.05) is 216 Å². The first-order chi connectivity index (χ1) is 27.3. The van der Waals surface area contributed by atoms with Gasteiger partial charge in [-0.15, -0.1) is 0 Å². The molecule has 0 aromatic carbocycles. The Kier molecular flexibility index (Phi) is 77.1. The minimum absolute atomic E-state index is 0.137. The Morgan fingerprint density at radius 2 is 0.750 bits per heavy atom. The molecule has 0 aliphatic heterocycles. The summed E-state index contributed by atoms with van der Waals surface area (Å²) in [5.74, 6) is -0.200. The number of hydrogen-bond donors (Lipinski definition) is 0. The van der Waals surface area contributed by atoms with E-state index >= 15 is 0 Å². The van der Waals surface area contributed by atoms with Crippen LogP contribution in [0, 0.1) is 0 Å². The lowest BCUT2D eigenvalue weighted by Crippen LogP contribution is -2.44. The van der Waals surface area contributed by atoms with Crippen molar-refractivity contribution in [3.63, 3.8) is 0 Å². The highest BCUT2D eigenvalue weighted by molar-refractivity contribution is 5.69. The number of likely N-dealkylation sites (N-methyl/N-ethyl adjacent to an activating group) is 1. The summed E-state index contributed by atoms with van der Waals surface area (Å²) in [5, 5.41) is 0. The summed E-state index contributed by atoms with van der Waals surface area (Å²) in [6, 6.07) is 0. The summed E-state index contributed by atoms with van der Waals surface area (Å²) in [6.07, 6.45) is 45.3. The van der Waals surface area contributed by atoms with Crippen LogP contribution in [0.1, 0.15) is 256 Å². The maximum absolute atomic E-state index is 11.9. The second kappa shape index (κ2) is 65.2. The molecule has 0 bridgehead atoms. The third kappa shape index (κ3) is 73.5. The van der Waals surface area contributed by atoms with Crippen LogP contribution in [0.4, 0.5) is 0 Å². The second-order valence-corrected chi connectivity index (χ2v) is 14.9. The van der Waals surface area contributed by atoms with E-state index in [1.807, 2.05) is 76.5 Å². The van der Waals surface area contributed by atoms with Gasteiger partial charge in [-0.25, -0.2) is 0 Å². The van der Waals surface area contributed by atoms with Gasteiger partial charge in [0.05, 0.1) is 21.1 Å². The summed E-state index contributed by atoms with van der Waals surface area (Å²) in [5.41, 5.74) is 0. The number of carbonyl (C=O) groups is 2. The van der Waals surface area contributed by atoms with Gasteiger partial charge >= 0.3 is 5.97 Å². The smallest absolute Gasteiger partial charge is 0.305 e. The zero-order valence-corrected chi connectivity index (χ0v) is 41.3. The predicted molar refractivity (Wildman–Crippen MR) is 255 cm³/mol. The number of esters is 1. The lowest BCUT2D eigenvalue weighted by molar-refractivity contribution is -0.873. The van der Waals surface area contributed by atoms with E-state index in [1.54, 1.807) is 0 Å². The number of allylic oxidation sites excluding steroid dienone is 4. The Morgan fingerprint density at radius 3 is 1.04 bits per heavy atom. The van der Waals surface area contributed by atoms with Crippen molar-refractivity contribution in [3.8, 4) is 0 Å². The molecule has 0 spiro atoms. The van der Waals surface area contributed by atoms with Crippen molar-refractivity contribution in [1.29, 1.82) is 0 Å². The van der Waals surface area contributed by atoms with Crippen LogP contribution < -0.4 is 0 Å². The number of ether oxygens (including phenoxy) is 2. The van der Waals surface area contributed by atoms with E-state index in [9.17, 15) is 9.59 Å². The number of quaternary nitrogens is 1. The first kappa shape index (κ1) is 66.2. The zero-order chi connectivity index (χ0) is 43.8. The molecule has 1 atom stereocenters. The van der Waals surface area contributed by atoms with Crippen LogP contribution >= 0.6 is 0 Å². The molecule has 56 heavy (non-hydrogen) atoms. The molecule has 0 fully saturated rings. The van der Waals surface area contributed by atoms with Gasteiger partial charge in [0.15, 0.2) is 6.10 Å². The van der Waals surface area contributed by atoms with Gasteiger partial charge in [-0.05, 0) is 57.8 Å². The third-order valence-corrected chi connectivity index (χ3v) is 8.69. The fraction of sp³-hybridized carbons (Fsp3) is 0.882. The standard InChI is InChI=1S/C25H48NO4.C18H36.4C2H6/c1-5-6-7-8-9-10-11-12-13-14-15-16-17-18-19-20-25(28)29-22-24(30-23-27)21-26(2,3)4;1-3-5-7-9-11-13-15-17-18-16-14-12-10-8-6-4-2;4*1-2/h12-13,23-24H,5-11,14-22H2,1-4H3;17-18H,3-16H2,1-2H3;4*1-2H3/q+1;;;;;/b13-12-;18-17-;;;;. The molecule has 5 nitrogen and oxygen atoms in total. The number of rotatable bonds is 35. The Balaban J connectivity index is -0.000000205. The van der Waals surface area contributed by atoms with E-state index in [2.05, 4.69) is 45.1 Å². The van der Waals surface area contributed by atoms with Crippen molar-refractivity contribution < 1.29 is 23.5 Å². The molecule has 0 radical (unpaired) electrons. The van der Waals surface area contributed by atoms with Gasteiger partial charge in [0.1, 0.15) is 13.2 Å². The average Bonchev–Trinajstić information content (AvgIpc) is 3.21. The van der Waals surface area contributed by atoms with Crippen molar-refractivity contribution in [2.45, 2.75) is 262 Å². The molecule has 0 aromatic heterocycles. The fourth-order valence-electron chi connectivity index (χ4n) is 5.74. The molecule has 0 rings (SSSR count). The molecule has 0 aliphatic carbocycles. The lowest BCUT2D eigenvalue weighted by atomic mass is 10.1. The molecular formula is C51H108NO4+. The number of nitrogens with zero attached hydrogens (tertiary/aromatic N) is 1. The third-order valence-electron chi connectivity index (χ3n) is 8.69. The highest BCUT2D eigenvalue weighted by Gasteiger charge is 2.21. The van der Waals surface area contributed by atoms with E-state index in [0.717, 1.165) is 19.3 Å². The van der Waals surface area contributed by atoms with Gasteiger partial charge in [0.2, 0.25) is 0 Å². The SMILES string of the molecule is CC.CC.CC.CC.CCCCCCCC/C=C\CCCCCCCC.CCCCCCCC/C=C\CCCCCCCC(=O)OCC(C[N+](C)(C)C)OC=O. The van der Waals surface area contributed by atoms with E-state index in [1.165, 1.54) is 154 Å². The van der Waals surface area contributed by atoms with Gasteiger partial charge < -0.3 is 14.0 Å². The Labute approximate surface area is 355 Å². The molecule has 0 N–H and O–H groups in total. The normalized spacial score (nSPS) is 11.0. The summed E-state index contributed by atoms with van der Waals surface area (Å²) in [6.45, 7) is 24.0. The van der Waals surface area contributed by atoms with Crippen LogP contribution in [0.2, 0.25) is 0 Å². The minimum Gasteiger partial charge on any atom is -0.461 e. The van der Waals surface area contributed by atoms with Crippen molar-refractivity contribution in [1.82, 2.24) is 0 Å². The van der Waals surface area contributed by atoms with Crippen LogP contribution in [-0.4, -0.2) is 57.3 Å². The van der Waals surface area contributed by atoms with Gasteiger partial charge in [0, 0.05) is 6.42 Å². The molecule has 0 saturated carbocycles. The molecule has 1 unspecified atom stereocenters. The molecule has 0 saturated heterocycles. The van der Waals surface area contributed by atoms with Crippen LogP contribution in [0.3, 0.4) is 0 Å². The monoisotopic (exact) mass is 799 g/mol. The van der Waals surface area contributed by atoms with Crippen LogP contribution in [0.25, 0.3) is 0 Å². The average molecular weight is 799 g/mol. The maximum atomic E-state index is 11.9. The topological polar surface area (TPSA) is 52.6 Å². The van der Waals surface area contributed by atoms with Crippen molar-refractivity contribution in [2.24, 2.45) is 0 Å². The fourth-order valence-corrected chi connectivity index (χ4v) is 5.74. The zero-order valence-electron chi connectivity index (χ0n) is 41.3. The molecule has 0 aromatic rings. The van der Waals surface area contributed by atoms with Crippen LogP contribution in [-0.2, 0) is 19.1 Å². The molecule has 0 aliphatic rings. The van der Waals surface area contributed by atoms with Crippen LogP contribution in [0.15, 0.2) is 24.3 Å². The van der Waals surface area contributed by atoms with E-state index in [4.69, 9.17) is 9.47 Å². The van der Waals surface area contributed by atoms with Gasteiger partial charge in [-0.3, -0.25) is 9.59 Å². The van der Waals surface area contributed by atoms with Crippen molar-refractivity contribution >= 4 is 12.4 Å². The number of hydrogen-bond acceptors (Lipinski definition) is 4. The molecule has 340 valence electrons. The first-order valence-electron chi connectivity index (χ1n) is 24.7. The summed E-state index contributed by atoms with van der Waals surface area (Å²) < 4.78 is 10.9. The van der Waals surface area contributed by atoms with Gasteiger partial charge in [0.25, 0.3) is 6.47 Å². The van der Waals surface area contributed by atoms with E-state index < -0.39 is 0 Å². The first-order valence-corrected chi connectivity index (χ1v) is 24.7. The summed E-state index contributed by atoms with van der Waals surface area (Å²) in [7, 11) is 6.02. The Bertz CT molecular complexity index is 695. The minimum atomic E-state index is -0.388. The van der Waals surface area contributed by atoms with Crippen molar-refractivity contribution in [2.75, 3.05) is 34.3 Å². The predicted octanol–water partition coefficient (Wildman–Crippen LogP) is 17.0. The lowest BCUT2D eigenvalue weighted by Gasteiger charge is -2.27. The second-order valence-electron chi connectivity index (χ2n) is 14.9. The van der Waals surface area contributed by atoms with E-state index in [-0.39, 0.29) is 18.7 Å².